The van der Waals surface area contributed by atoms with E-state index in [1.165, 1.54) is 5.56 Å². The van der Waals surface area contributed by atoms with Crippen LogP contribution in [0.15, 0.2) is 48.5 Å². The predicted octanol–water partition coefficient (Wildman–Crippen LogP) is 4.54. The first kappa shape index (κ1) is 21.9. The van der Waals surface area contributed by atoms with Crippen LogP contribution in [-0.4, -0.2) is 24.5 Å². The van der Waals surface area contributed by atoms with E-state index >= 15 is 0 Å². The minimum Gasteiger partial charge on any atom is -0.494 e. The quantitative estimate of drug-likeness (QED) is 0.714. The van der Waals surface area contributed by atoms with Crippen LogP contribution in [0.5, 0.6) is 5.75 Å². The first-order valence-corrected chi connectivity index (χ1v) is 10.6. The Morgan fingerprint density at radius 3 is 2.40 bits per heavy atom. The van der Waals surface area contributed by atoms with E-state index in [0.29, 0.717) is 25.9 Å². The Morgan fingerprint density at radius 2 is 1.77 bits per heavy atom. The Bertz CT molecular complexity index is 899. The fraction of sp³-hybridized carbons (Fsp3) is 0.440. The minimum absolute atomic E-state index is 0.0459. The van der Waals surface area contributed by atoms with Crippen molar-refractivity contribution in [3.8, 4) is 5.75 Å². The van der Waals surface area contributed by atoms with Crippen molar-refractivity contribution in [3.05, 3.63) is 59.7 Å². The van der Waals surface area contributed by atoms with Crippen LogP contribution in [0.4, 0.5) is 5.69 Å². The van der Waals surface area contributed by atoms with Gasteiger partial charge in [-0.25, -0.2) is 0 Å². The largest absolute Gasteiger partial charge is 0.494 e. The Morgan fingerprint density at radius 1 is 1.10 bits per heavy atom. The highest BCUT2D eigenvalue weighted by molar-refractivity contribution is 5.97. The van der Waals surface area contributed by atoms with Gasteiger partial charge >= 0.3 is 0 Å². The summed E-state index contributed by atoms with van der Waals surface area (Å²) >= 11 is 0. The monoisotopic (exact) mass is 408 g/mol. The number of primary amides is 1. The Hall–Kier alpha value is -2.82. The highest BCUT2D eigenvalue weighted by atomic mass is 16.5. The summed E-state index contributed by atoms with van der Waals surface area (Å²) in [5.74, 6) is 0.174. The van der Waals surface area contributed by atoms with Gasteiger partial charge in [-0.15, -0.1) is 0 Å². The van der Waals surface area contributed by atoms with Crippen molar-refractivity contribution < 1.29 is 14.3 Å². The van der Waals surface area contributed by atoms with Gasteiger partial charge in [-0.1, -0.05) is 51.1 Å². The number of carbonyl (C=O) groups is 2. The highest BCUT2D eigenvalue weighted by Gasteiger charge is 2.35. The molecule has 30 heavy (non-hydrogen) atoms. The molecule has 0 aliphatic carbocycles. The summed E-state index contributed by atoms with van der Waals surface area (Å²) in [6, 6.07) is 15.6. The van der Waals surface area contributed by atoms with E-state index in [9.17, 15) is 9.59 Å². The standard InChI is InChI=1S/C25H32N2O3/c1-17-16-21(24(26)29)20-8-5-6-9-22(20)27(17)23(28)10-7-15-30-19-13-11-18(12-14-19)25(2,3)4/h5-6,8-9,11-14,17,21H,7,10,15-16H2,1-4H3,(H2,26,29)/t17-,21-/m1/s1. The van der Waals surface area contributed by atoms with E-state index < -0.39 is 0 Å². The van der Waals surface area contributed by atoms with Gasteiger partial charge in [0, 0.05) is 18.2 Å². The van der Waals surface area contributed by atoms with Crippen LogP contribution in [0.25, 0.3) is 0 Å². The smallest absolute Gasteiger partial charge is 0.227 e. The summed E-state index contributed by atoms with van der Waals surface area (Å²) < 4.78 is 5.82. The molecule has 3 rings (SSSR count). The van der Waals surface area contributed by atoms with Gasteiger partial charge in [0.05, 0.1) is 12.5 Å². The van der Waals surface area contributed by atoms with Crippen molar-refractivity contribution >= 4 is 17.5 Å². The van der Waals surface area contributed by atoms with Crippen molar-refractivity contribution in [2.75, 3.05) is 11.5 Å². The van der Waals surface area contributed by atoms with E-state index in [2.05, 4.69) is 32.9 Å². The number of anilines is 1. The van der Waals surface area contributed by atoms with Crippen LogP contribution < -0.4 is 15.4 Å². The molecule has 2 amide bonds. The number of carbonyl (C=O) groups excluding carboxylic acids is 2. The summed E-state index contributed by atoms with van der Waals surface area (Å²) in [6.07, 6.45) is 1.57. The lowest BCUT2D eigenvalue weighted by atomic mass is 9.85. The van der Waals surface area contributed by atoms with Crippen LogP contribution in [0, 0.1) is 0 Å². The first-order valence-electron chi connectivity index (χ1n) is 10.6. The maximum atomic E-state index is 13.0. The second kappa shape index (κ2) is 8.90. The molecule has 160 valence electrons. The second-order valence-electron chi connectivity index (χ2n) is 9.09. The van der Waals surface area contributed by atoms with Gasteiger partial charge in [-0.05, 0) is 54.5 Å². The zero-order chi connectivity index (χ0) is 21.9. The molecule has 2 N–H and O–H groups in total. The summed E-state index contributed by atoms with van der Waals surface area (Å²) in [5.41, 5.74) is 8.60. The number of benzene rings is 2. The van der Waals surface area contributed by atoms with Crippen LogP contribution in [-0.2, 0) is 15.0 Å². The molecule has 0 spiro atoms. The lowest BCUT2D eigenvalue weighted by molar-refractivity contribution is -0.122. The van der Waals surface area contributed by atoms with E-state index in [4.69, 9.17) is 10.5 Å². The number of nitrogens with two attached hydrogens (primary N) is 1. The van der Waals surface area contributed by atoms with E-state index in [0.717, 1.165) is 17.0 Å². The van der Waals surface area contributed by atoms with E-state index in [1.54, 1.807) is 0 Å². The lowest BCUT2D eigenvalue weighted by Gasteiger charge is -2.38. The van der Waals surface area contributed by atoms with Gasteiger partial charge < -0.3 is 15.4 Å². The number of hydrogen-bond acceptors (Lipinski definition) is 3. The highest BCUT2D eigenvalue weighted by Crippen LogP contribution is 2.38. The summed E-state index contributed by atoms with van der Waals surface area (Å²) in [4.78, 5) is 26.6. The number of nitrogens with zero attached hydrogens (tertiary/aromatic N) is 1. The molecule has 0 bridgehead atoms. The third-order valence-corrected chi connectivity index (χ3v) is 5.73. The maximum Gasteiger partial charge on any atom is 0.227 e. The third-order valence-electron chi connectivity index (χ3n) is 5.73. The van der Waals surface area contributed by atoms with Crippen LogP contribution in [0.3, 0.4) is 0 Å². The summed E-state index contributed by atoms with van der Waals surface area (Å²) in [6.45, 7) is 8.99. The normalized spacial score (nSPS) is 18.6. The number of amides is 2. The molecule has 5 heteroatoms. The molecule has 1 aliphatic rings. The van der Waals surface area contributed by atoms with E-state index in [-0.39, 0.29) is 29.2 Å². The zero-order valence-corrected chi connectivity index (χ0v) is 18.4. The number of ether oxygens (including phenoxy) is 1. The Kier molecular flexibility index (Phi) is 6.49. The van der Waals surface area contributed by atoms with Crippen LogP contribution in [0.1, 0.15) is 64.0 Å². The van der Waals surface area contributed by atoms with Crippen molar-refractivity contribution in [3.63, 3.8) is 0 Å². The number of rotatable bonds is 6. The molecular formula is C25H32N2O3. The fourth-order valence-electron chi connectivity index (χ4n) is 4.05. The van der Waals surface area contributed by atoms with Crippen molar-refractivity contribution in [1.82, 2.24) is 0 Å². The molecule has 0 radical (unpaired) electrons. The van der Waals surface area contributed by atoms with Crippen LogP contribution in [0.2, 0.25) is 0 Å². The van der Waals surface area contributed by atoms with Gasteiger partial charge in [-0.3, -0.25) is 9.59 Å². The molecule has 5 nitrogen and oxygen atoms in total. The predicted molar refractivity (Wildman–Crippen MR) is 120 cm³/mol. The summed E-state index contributed by atoms with van der Waals surface area (Å²) in [7, 11) is 0. The molecule has 0 saturated carbocycles. The number of hydrogen-bond donors (Lipinski definition) is 1. The fourth-order valence-corrected chi connectivity index (χ4v) is 4.05. The zero-order valence-electron chi connectivity index (χ0n) is 18.4. The van der Waals surface area contributed by atoms with Gasteiger partial charge in [0.1, 0.15) is 5.75 Å². The maximum absolute atomic E-state index is 13.0. The molecule has 0 aromatic heterocycles. The molecule has 2 atom stereocenters. The van der Waals surface area contributed by atoms with Gasteiger partial charge in [0.25, 0.3) is 0 Å². The number of para-hydroxylation sites is 1. The molecule has 1 heterocycles. The SMILES string of the molecule is C[C@@H]1C[C@@H](C(N)=O)c2ccccc2N1C(=O)CCCOc1ccc(C(C)(C)C)cc1. The number of fused-ring (bicyclic) bond motifs is 1. The summed E-state index contributed by atoms with van der Waals surface area (Å²) in [5, 5.41) is 0. The molecular weight excluding hydrogens is 376 g/mol. The molecule has 0 fully saturated rings. The minimum atomic E-state index is -0.348. The van der Waals surface area contributed by atoms with Gasteiger partial charge in [0.2, 0.25) is 11.8 Å². The topological polar surface area (TPSA) is 72.6 Å². The Labute approximate surface area is 179 Å². The molecule has 2 aromatic rings. The Balaban J connectivity index is 1.58. The molecule has 0 saturated heterocycles. The average Bonchev–Trinajstić information content (AvgIpc) is 2.70. The third kappa shape index (κ3) is 4.84. The van der Waals surface area contributed by atoms with Crippen molar-refractivity contribution in [1.29, 1.82) is 0 Å². The van der Waals surface area contributed by atoms with Crippen molar-refractivity contribution in [2.24, 2.45) is 5.73 Å². The second-order valence-corrected chi connectivity index (χ2v) is 9.09. The van der Waals surface area contributed by atoms with Gasteiger partial charge in [0.15, 0.2) is 0 Å². The van der Waals surface area contributed by atoms with E-state index in [1.807, 2.05) is 48.2 Å². The van der Waals surface area contributed by atoms with Crippen LogP contribution >= 0.6 is 0 Å². The molecule has 0 unspecified atom stereocenters. The first-order chi connectivity index (χ1) is 14.2. The molecule has 2 aromatic carbocycles. The average molecular weight is 409 g/mol. The van der Waals surface area contributed by atoms with Gasteiger partial charge in [-0.2, -0.15) is 0 Å². The van der Waals surface area contributed by atoms with Crippen molar-refractivity contribution in [2.45, 2.75) is 64.3 Å². The molecule has 1 aliphatic heterocycles. The lowest BCUT2D eigenvalue weighted by Crippen LogP contribution is -2.45.